The van der Waals surface area contributed by atoms with Crippen LogP contribution in [0.5, 0.6) is 0 Å². The van der Waals surface area contributed by atoms with Crippen molar-refractivity contribution in [1.29, 1.82) is 0 Å². The van der Waals surface area contributed by atoms with E-state index in [1.54, 1.807) is 0 Å². The molecule has 1 fully saturated rings. The highest BCUT2D eigenvalue weighted by molar-refractivity contribution is 7.91. The number of hydrogen-bond donors (Lipinski definition) is 2. The Kier molecular flexibility index (Phi) is 6.74. The van der Waals surface area contributed by atoms with Gasteiger partial charge in [-0.1, -0.05) is 18.2 Å². The van der Waals surface area contributed by atoms with Crippen molar-refractivity contribution >= 4 is 21.4 Å². The van der Waals surface area contributed by atoms with Crippen LogP contribution in [-0.4, -0.2) is 37.5 Å². The Labute approximate surface area is 189 Å². The Balaban J connectivity index is 1.71. The summed E-state index contributed by atoms with van der Waals surface area (Å²) in [5, 5.41) is 11.4. The average molecular weight is 513 g/mol. The summed E-state index contributed by atoms with van der Waals surface area (Å²) >= 11 is 0. The SMILES string of the molecule is O=C(Cc1ccc(S(=O)(=O)CC2CC2)cc1)Nc1ccc(C(O)(C(F)(F)F)C(F)(F)F)c(F)c1. The van der Waals surface area contributed by atoms with E-state index in [1.165, 1.54) is 24.3 Å². The predicted octanol–water partition coefficient (Wildman–Crippen LogP) is 4.50. The van der Waals surface area contributed by atoms with Crippen LogP contribution in [0.2, 0.25) is 0 Å². The van der Waals surface area contributed by atoms with Crippen molar-refractivity contribution in [3.63, 3.8) is 0 Å². The molecular formula is C21H18F7NO4S. The number of alkyl halides is 6. The summed E-state index contributed by atoms with van der Waals surface area (Å²) < 4.78 is 116. The van der Waals surface area contributed by atoms with E-state index >= 15 is 0 Å². The van der Waals surface area contributed by atoms with E-state index in [1.807, 2.05) is 0 Å². The quantitative estimate of drug-likeness (QED) is 0.534. The number of hydrogen-bond acceptors (Lipinski definition) is 4. The number of halogens is 7. The summed E-state index contributed by atoms with van der Waals surface area (Å²) in [4.78, 5) is 12.3. The number of rotatable bonds is 7. The van der Waals surface area contributed by atoms with Crippen LogP contribution in [0.3, 0.4) is 0 Å². The van der Waals surface area contributed by atoms with E-state index in [9.17, 15) is 49.1 Å². The molecule has 0 bridgehead atoms. The molecule has 0 radical (unpaired) electrons. The van der Waals surface area contributed by atoms with Gasteiger partial charge in [-0.25, -0.2) is 12.8 Å². The molecule has 0 aliphatic heterocycles. The normalized spacial score (nSPS) is 15.3. The molecular weight excluding hydrogens is 495 g/mol. The summed E-state index contributed by atoms with van der Waals surface area (Å²) in [6.07, 6.45) is -11.1. The van der Waals surface area contributed by atoms with Crippen LogP contribution in [0.1, 0.15) is 24.0 Å². The highest BCUT2D eigenvalue weighted by Crippen LogP contribution is 2.50. The fraction of sp³-hybridized carbons (Fsp3) is 0.381. The third-order valence-electron chi connectivity index (χ3n) is 5.26. The lowest BCUT2D eigenvalue weighted by atomic mass is 9.91. The van der Waals surface area contributed by atoms with Crippen LogP contribution in [0.15, 0.2) is 47.4 Å². The predicted molar refractivity (Wildman–Crippen MR) is 106 cm³/mol. The van der Waals surface area contributed by atoms with Crippen molar-refractivity contribution < 1.29 is 49.1 Å². The topological polar surface area (TPSA) is 83.5 Å². The van der Waals surface area contributed by atoms with Gasteiger partial charge in [-0.05, 0) is 48.6 Å². The third-order valence-corrected chi connectivity index (χ3v) is 7.16. The summed E-state index contributed by atoms with van der Waals surface area (Å²) in [7, 11) is -3.46. The van der Waals surface area contributed by atoms with E-state index in [2.05, 4.69) is 5.32 Å². The number of carbonyl (C=O) groups is 1. The Bertz CT molecular complexity index is 1160. The maximum absolute atomic E-state index is 14.2. The van der Waals surface area contributed by atoms with Crippen molar-refractivity contribution in [2.45, 2.75) is 42.1 Å². The second kappa shape index (κ2) is 8.84. The van der Waals surface area contributed by atoms with Crippen LogP contribution in [-0.2, 0) is 26.7 Å². The molecule has 2 N–H and O–H groups in total. The minimum absolute atomic E-state index is 0.0339. The first kappa shape index (κ1) is 25.9. The fourth-order valence-electron chi connectivity index (χ4n) is 3.25. The van der Waals surface area contributed by atoms with Gasteiger partial charge in [-0.15, -0.1) is 0 Å². The van der Waals surface area contributed by atoms with Gasteiger partial charge in [-0.2, -0.15) is 26.3 Å². The number of aliphatic hydroxyl groups is 1. The van der Waals surface area contributed by atoms with E-state index in [-0.39, 0.29) is 35.1 Å². The fourth-order valence-corrected chi connectivity index (χ4v) is 4.95. The number of nitrogens with one attached hydrogen (secondary N) is 1. The van der Waals surface area contributed by atoms with Crippen molar-refractivity contribution in [2.75, 3.05) is 11.1 Å². The highest BCUT2D eigenvalue weighted by atomic mass is 32.2. The Morgan fingerprint density at radius 2 is 1.53 bits per heavy atom. The molecule has 2 aromatic carbocycles. The molecule has 186 valence electrons. The molecule has 1 aliphatic carbocycles. The van der Waals surface area contributed by atoms with Gasteiger partial charge >= 0.3 is 12.4 Å². The lowest BCUT2D eigenvalue weighted by Crippen LogP contribution is -2.54. The van der Waals surface area contributed by atoms with Gasteiger partial charge in [0, 0.05) is 11.3 Å². The van der Waals surface area contributed by atoms with E-state index in [0.29, 0.717) is 11.6 Å². The average Bonchev–Trinajstić information content (AvgIpc) is 3.49. The van der Waals surface area contributed by atoms with Crippen LogP contribution >= 0.6 is 0 Å². The zero-order valence-electron chi connectivity index (χ0n) is 17.2. The number of sulfone groups is 1. The third kappa shape index (κ3) is 5.35. The zero-order chi connectivity index (χ0) is 25.5. The van der Waals surface area contributed by atoms with E-state index in [0.717, 1.165) is 12.8 Å². The standard InChI is InChI=1S/C21H18F7NO4S/c22-17-10-14(5-8-16(17)19(31,20(23,24)25)21(26,27)28)29-18(30)9-12-3-6-15(7-4-12)34(32,33)11-13-1-2-13/h3-8,10,13,31H,1-2,9,11H2,(H,29,30). The molecule has 3 rings (SSSR count). The number of carbonyl (C=O) groups excluding carboxylic acids is 1. The van der Waals surface area contributed by atoms with Crippen molar-refractivity contribution in [2.24, 2.45) is 5.92 Å². The molecule has 2 aromatic rings. The monoisotopic (exact) mass is 513 g/mol. The van der Waals surface area contributed by atoms with Gasteiger partial charge in [0.1, 0.15) is 5.82 Å². The first-order chi connectivity index (χ1) is 15.5. The lowest BCUT2D eigenvalue weighted by molar-refractivity contribution is -0.377. The van der Waals surface area contributed by atoms with Crippen LogP contribution < -0.4 is 5.32 Å². The Morgan fingerprint density at radius 3 is 2.00 bits per heavy atom. The minimum Gasteiger partial charge on any atom is -0.369 e. The number of anilines is 1. The summed E-state index contributed by atoms with van der Waals surface area (Å²) in [5.41, 5.74) is -7.58. The molecule has 0 spiro atoms. The maximum Gasteiger partial charge on any atom is 0.430 e. The van der Waals surface area contributed by atoms with E-state index in [4.69, 9.17) is 0 Å². The van der Waals surface area contributed by atoms with Crippen LogP contribution in [0, 0.1) is 11.7 Å². The summed E-state index contributed by atoms with van der Waals surface area (Å²) in [6.45, 7) is 0. The molecule has 1 saturated carbocycles. The van der Waals surface area contributed by atoms with Gasteiger partial charge in [0.2, 0.25) is 5.91 Å². The molecule has 1 amide bonds. The van der Waals surface area contributed by atoms with Gasteiger partial charge in [0.05, 0.1) is 17.1 Å². The second-order valence-electron chi connectivity index (χ2n) is 7.99. The van der Waals surface area contributed by atoms with Gasteiger partial charge in [0.15, 0.2) is 9.84 Å². The van der Waals surface area contributed by atoms with Gasteiger partial charge < -0.3 is 10.4 Å². The smallest absolute Gasteiger partial charge is 0.369 e. The second-order valence-corrected chi connectivity index (χ2v) is 10.0. The van der Waals surface area contributed by atoms with Crippen LogP contribution in [0.25, 0.3) is 0 Å². The first-order valence-electron chi connectivity index (χ1n) is 9.82. The minimum atomic E-state index is -6.25. The van der Waals surface area contributed by atoms with E-state index < -0.39 is 50.8 Å². The van der Waals surface area contributed by atoms with Crippen molar-refractivity contribution in [1.82, 2.24) is 0 Å². The highest BCUT2D eigenvalue weighted by Gasteiger charge is 2.72. The number of benzene rings is 2. The van der Waals surface area contributed by atoms with Gasteiger partial charge in [-0.3, -0.25) is 4.79 Å². The van der Waals surface area contributed by atoms with Crippen LogP contribution in [0.4, 0.5) is 36.4 Å². The van der Waals surface area contributed by atoms with Gasteiger partial charge in [0.25, 0.3) is 5.60 Å². The van der Waals surface area contributed by atoms with Crippen molar-refractivity contribution in [3.8, 4) is 0 Å². The first-order valence-corrected chi connectivity index (χ1v) is 11.5. The summed E-state index contributed by atoms with van der Waals surface area (Å²) in [6, 6.07) is 6.32. The lowest BCUT2D eigenvalue weighted by Gasteiger charge is -2.32. The molecule has 34 heavy (non-hydrogen) atoms. The largest absolute Gasteiger partial charge is 0.430 e. The van der Waals surface area contributed by atoms with Crippen molar-refractivity contribution in [3.05, 3.63) is 59.4 Å². The molecule has 1 aliphatic rings. The molecule has 0 atom stereocenters. The zero-order valence-corrected chi connectivity index (χ0v) is 18.0. The Morgan fingerprint density at radius 1 is 0.971 bits per heavy atom. The molecule has 13 heteroatoms. The Hall–Kier alpha value is -2.67. The molecule has 0 heterocycles. The maximum atomic E-state index is 14.2. The number of amides is 1. The molecule has 0 aromatic heterocycles. The molecule has 5 nitrogen and oxygen atoms in total. The molecule has 0 unspecified atom stereocenters. The molecule has 0 saturated heterocycles. The summed E-state index contributed by atoms with van der Waals surface area (Å²) in [5.74, 6) is -2.64.